The van der Waals surface area contributed by atoms with Gasteiger partial charge in [0.1, 0.15) is 5.01 Å². The molecule has 1 unspecified atom stereocenters. The summed E-state index contributed by atoms with van der Waals surface area (Å²) in [5.41, 5.74) is 5.11. The molecule has 6 heteroatoms. The van der Waals surface area contributed by atoms with Crippen molar-refractivity contribution in [2.75, 3.05) is 14.2 Å². The molecule has 2 heterocycles. The van der Waals surface area contributed by atoms with Crippen LogP contribution in [0.25, 0.3) is 21.6 Å². The van der Waals surface area contributed by atoms with Crippen LogP contribution in [-0.2, 0) is 17.6 Å². The Bertz CT molecular complexity index is 907. The summed E-state index contributed by atoms with van der Waals surface area (Å²) < 4.78 is 10.7. The van der Waals surface area contributed by atoms with Crippen molar-refractivity contribution in [2.24, 2.45) is 0 Å². The van der Waals surface area contributed by atoms with E-state index in [-0.39, 0.29) is 0 Å². The fourth-order valence-corrected chi connectivity index (χ4v) is 4.36. The van der Waals surface area contributed by atoms with Crippen molar-refractivity contribution in [1.29, 1.82) is 0 Å². The van der Waals surface area contributed by atoms with Crippen LogP contribution in [0.4, 0.5) is 0 Å². The number of thiazole rings is 1. The van der Waals surface area contributed by atoms with Crippen LogP contribution in [0, 0.1) is 6.92 Å². The molecule has 1 aromatic carbocycles. The number of benzene rings is 1. The molecular weight excluding hydrogens is 346 g/mol. The molecule has 0 saturated carbocycles. The van der Waals surface area contributed by atoms with E-state index in [9.17, 15) is 0 Å². The largest absolute Gasteiger partial charge is 0.480 e. The molecular formula is C20H25N3O2S. The average molecular weight is 372 g/mol. The molecule has 0 bridgehead atoms. The molecule has 0 spiro atoms. The van der Waals surface area contributed by atoms with Crippen molar-refractivity contribution in [3.8, 4) is 16.5 Å². The lowest BCUT2D eigenvalue weighted by Gasteiger charge is -2.19. The van der Waals surface area contributed by atoms with E-state index >= 15 is 0 Å². The molecule has 0 aliphatic heterocycles. The Balaban J connectivity index is 0.000000948. The number of ether oxygens (including phenoxy) is 2. The number of rotatable bonds is 3. The molecule has 1 atom stereocenters. The predicted octanol–water partition coefficient (Wildman–Crippen LogP) is 4.60. The molecule has 0 N–H and O–H groups in total. The second-order valence-corrected chi connectivity index (χ2v) is 7.17. The van der Waals surface area contributed by atoms with Gasteiger partial charge in [0.2, 0.25) is 5.88 Å². The van der Waals surface area contributed by atoms with Crippen LogP contribution < -0.4 is 4.74 Å². The third kappa shape index (κ3) is 3.57. The first-order valence-electron chi connectivity index (χ1n) is 9.01. The first-order chi connectivity index (χ1) is 12.7. The zero-order valence-electron chi connectivity index (χ0n) is 16.0. The molecule has 1 aliphatic carbocycles. The molecule has 26 heavy (non-hydrogen) atoms. The molecule has 0 fully saturated rings. The van der Waals surface area contributed by atoms with Crippen LogP contribution in [0.1, 0.15) is 36.4 Å². The summed E-state index contributed by atoms with van der Waals surface area (Å²) in [6, 6.07) is 4.17. The maximum absolute atomic E-state index is 5.52. The van der Waals surface area contributed by atoms with Crippen molar-refractivity contribution in [1.82, 2.24) is 15.0 Å². The number of fused-ring (bicyclic) bond motifs is 2. The summed E-state index contributed by atoms with van der Waals surface area (Å²) in [4.78, 5) is 15.3. The molecule has 0 saturated heterocycles. The summed E-state index contributed by atoms with van der Waals surface area (Å²) in [5, 5.41) is 1.02. The minimum atomic E-state index is 0.309. The zero-order valence-corrected chi connectivity index (χ0v) is 16.8. The van der Waals surface area contributed by atoms with Crippen LogP contribution in [0.5, 0.6) is 5.88 Å². The summed E-state index contributed by atoms with van der Waals surface area (Å²) in [5.74, 6) is 0.528. The smallest absolute Gasteiger partial charge is 0.232 e. The second kappa shape index (κ2) is 8.10. The first kappa shape index (κ1) is 18.7. The van der Waals surface area contributed by atoms with Crippen molar-refractivity contribution in [3.63, 3.8) is 0 Å². The Morgan fingerprint density at radius 1 is 1.15 bits per heavy atom. The molecule has 1 aliphatic rings. The summed E-state index contributed by atoms with van der Waals surface area (Å²) in [7, 11) is 3.39. The standard InChI is InChI=1S/C18H19N3O2S.C2H6/c1-10-6-12(17-14(7-10)20-16(23-3)9-19-17)18-21-13-5-4-11(22-2)8-15(13)24-18;1-2/h6-7,9,11H,4-5,8H2,1-3H3;1-2H3. The molecule has 138 valence electrons. The lowest BCUT2D eigenvalue weighted by Crippen LogP contribution is -2.19. The molecule has 2 aromatic heterocycles. The van der Waals surface area contributed by atoms with Crippen molar-refractivity contribution in [3.05, 3.63) is 34.5 Å². The third-order valence-corrected chi connectivity index (χ3v) is 5.59. The topological polar surface area (TPSA) is 57.1 Å². The number of aromatic nitrogens is 3. The highest BCUT2D eigenvalue weighted by molar-refractivity contribution is 7.15. The van der Waals surface area contributed by atoms with Gasteiger partial charge >= 0.3 is 0 Å². The number of hydrogen-bond donors (Lipinski definition) is 0. The number of methoxy groups -OCH3 is 2. The summed E-state index contributed by atoms with van der Waals surface area (Å²) in [6.45, 7) is 6.07. The fraction of sp³-hybridized carbons (Fsp3) is 0.450. The van der Waals surface area contributed by atoms with Gasteiger partial charge in [-0.3, -0.25) is 0 Å². The monoisotopic (exact) mass is 371 g/mol. The van der Waals surface area contributed by atoms with E-state index in [0.717, 1.165) is 46.4 Å². The van der Waals surface area contributed by atoms with E-state index in [4.69, 9.17) is 14.5 Å². The van der Waals surface area contributed by atoms with E-state index in [1.807, 2.05) is 19.9 Å². The Hall–Kier alpha value is -2.05. The Morgan fingerprint density at radius 3 is 2.69 bits per heavy atom. The third-order valence-electron chi connectivity index (χ3n) is 4.44. The zero-order chi connectivity index (χ0) is 18.7. The van der Waals surface area contributed by atoms with E-state index in [2.05, 4.69) is 23.0 Å². The number of aryl methyl sites for hydroxylation is 2. The van der Waals surface area contributed by atoms with E-state index < -0.39 is 0 Å². The van der Waals surface area contributed by atoms with Gasteiger partial charge in [-0.2, -0.15) is 0 Å². The predicted molar refractivity (Wildman–Crippen MR) is 106 cm³/mol. The first-order valence-corrected chi connectivity index (χ1v) is 9.82. The molecule has 3 aromatic rings. The van der Waals surface area contributed by atoms with Crippen LogP contribution in [0.15, 0.2) is 18.3 Å². The van der Waals surface area contributed by atoms with Gasteiger partial charge in [0, 0.05) is 24.0 Å². The van der Waals surface area contributed by atoms with Crippen LogP contribution >= 0.6 is 11.3 Å². The highest BCUT2D eigenvalue weighted by Crippen LogP contribution is 2.36. The van der Waals surface area contributed by atoms with Gasteiger partial charge in [-0.1, -0.05) is 13.8 Å². The quantitative estimate of drug-likeness (QED) is 0.673. The van der Waals surface area contributed by atoms with Gasteiger partial charge in [-0.05, 0) is 37.5 Å². The number of hydrogen-bond acceptors (Lipinski definition) is 6. The summed E-state index contributed by atoms with van der Waals surface area (Å²) in [6.07, 6.45) is 4.94. The van der Waals surface area contributed by atoms with Gasteiger partial charge in [-0.25, -0.2) is 15.0 Å². The lowest BCUT2D eigenvalue weighted by molar-refractivity contribution is 0.0916. The molecule has 4 rings (SSSR count). The molecule has 0 radical (unpaired) electrons. The van der Waals surface area contributed by atoms with Crippen LogP contribution in [0.2, 0.25) is 0 Å². The maximum atomic E-state index is 5.52. The Labute approximate surface area is 158 Å². The Kier molecular flexibility index (Phi) is 5.84. The van der Waals surface area contributed by atoms with Crippen molar-refractivity contribution >= 4 is 22.4 Å². The van der Waals surface area contributed by atoms with E-state index in [0.29, 0.717) is 12.0 Å². The van der Waals surface area contributed by atoms with Gasteiger partial charge in [0.25, 0.3) is 0 Å². The highest BCUT2D eigenvalue weighted by atomic mass is 32.1. The van der Waals surface area contributed by atoms with Crippen LogP contribution in [-0.4, -0.2) is 35.3 Å². The highest BCUT2D eigenvalue weighted by Gasteiger charge is 2.23. The minimum absolute atomic E-state index is 0.309. The van der Waals surface area contributed by atoms with E-state index in [1.54, 1.807) is 31.8 Å². The lowest BCUT2D eigenvalue weighted by atomic mass is 10.00. The van der Waals surface area contributed by atoms with Crippen molar-refractivity contribution in [2.45, 2.75) is 46.1 Å². The van der Waals surface area contributed by atoms with E-state index in [1.165, 1.54) is 10.6 Å². The van der Waals surface area contributed by atoms with Crippen molar-refractivity contribution < 1.29 is 9.47 Å². The number of nitrogens with zero attached hydrogens (tertiary/aromatic N) is 3. The average Bonchev–Trinajstić information content (AvgIpc) is 3.11. The van der Waals surface area contributed by atoms with Gasteiger partial charge in [0.05, 0.1) is 36.1 Å². The maximum Gasteiger partial charge on any atom is 0.232 e. The van der Waals surface area contributed by atoms with Gasteiger partial charge < -0.3 is 9.47 Å². The SMILES string of the molecule is CC.COc1cnc2c(-c3nc4c(s3)CC(OC)CC4)cc(C)cc2n1. The summed E-state index contributed by atoms with van der Waals surface area (Å²) >= 11 is 1.75. The molecule has 0 amide bonds. The minimum Gasteiger partial charge on any atom is -0.480 e. The molecule has 5 nitrogen and oxygen atoms in total. The second-order valence-electron chi connectivity index (χ2n) is 6.08. The van der Waals surface area contributed by atoms with Gasteiger partial charge in [0.15, 0.2) is 0 Å². The van der Waals surface area contributed by atoms with Gasteiger partial charge in [-0.15, -0.1) is 11.3 Å². The Morgan fingerprint density at radius 2 is 1.96 bits per heavy atom. The normalized spacial score (nSPS) is 16.0. The van der Waals surface area contributed by atoms with Crippen LogP contribution in [0.3, 0.4) is 0 Å². The fourth-order valence-electron chi connectivity index (χ4n) is 3.17.